The normalized spacial score (nSPS) is 12.0. The number of carbonyl (C=O) groups is 1. The molecule has 0 unspecified atom stereocenters. The molecule has 3 aromatic rings. The number of benzene rings is 2. The zero-order valence-electron chi connectivity index (χ0n) is 14.8. The van der Waals surface area contributed by atoms with Crippen LogP contribution in [-0.4, -0.2) is 25.2 Å². The van der Waals surface area contributed by atoms with Gasteiger partial charge in [0.1, 0.15) is 17.3 Å². The van der Waals surface area contributed by atoms with E-state index in [2.05, 4.69) is 5.32 Å². The van der Waals surface area contributed by atoms with E-state index in [0.717, 1.165) is 9.54 Å². The lowest BCUT2D eigenvalue weighted by Gasteiger charge is -2.11. The minimum Gasteiger partial charge on any atom is -0.393 e. The highest BCUT2D eigenvalue weighted by Gasteiger charge is 2.27. The lowest BCUT2D eigenvalue weighted by atomic mass is 10.1. The highest BCUT2D eigenvalue weighted by Crippen LogP contribution is 2.27. The summed E-state index contributed by atoms with van der Waals surface area (Å²) in [4.78, 5) is 12.9. The predicted octanol–water partition coefficient (Wildman–Crippen LogP) is 3.00. The summed E-state index contributed by atoms with van der Waals surface area (Å²) in [5.41, 5.74) is 1.04. The summed E-state index contributed by atoms with van der Waals surface area (Å²) < 4.78 is 27.6. The third-order valence-electron chi connectivity index (χ3n) is 4.11. The van der Waals surface area contributed by atoms with E-state index in [-0.39, 0.29) is 16.2 Å². The first-order chi connectivity index (χ1) is 12.9. The molecule has 0 bridgehead atoms. The quantitative estimate of drug-likeness (QED) is 0.418. The number of ketones is 1. The Balaban J connectivity index is 2.32. The minimum absolute atomic E-state index is 0.0691. The molecule has 0 radical (unpaired) electrons. The molecule has 136 valence electrons. The van der Waals surface area contributed by atoms with E-state index in [1.165, 1.54) is 24.4 Å². The number of para-hydroxylation sites is 1. The van der Waals surface area contributed by atoms with Crippen molar-refractivity contribution in [1.29, 1.82) is 5.26 Å². The molecule has 0 amide bonds. The van der Waals surface area contributed by atoms with Gasteiger partial charge in [-0.3, -0.25) is 4.79 Å². The molecule has 1 aromatic heterocycles. The van der Waals surface area contributed by atoms with Gasteiger partial charge in [-0.15, -0.1) is 0 Å². The highest BCUT2D eigenvalue weighted by molar-refractivity contribution is 7.90. The number of hydrogen-bond acceptors (Lipinski definition) is 5. The van der Waals surface area contributed by atoms with Gasteiger partial charge >= 0.3 is 0 Å². The Labute approximate surface area is 157 Å². The van der Waals surface area contributed by atoms with E-state index < -0.39 is 15.8 Å². The number of aromatic nitrogens is 1. The standard InChI is InChI=1S/C20H17N3O3S/c1-14-7-9-17(10-8-14)27(25,26)23-18-6-4-3-5-15(18)11-19(23)20(24)16(12-21)13-22-2/h3-11,13,22H,1-2H3. The molecule has 1 N–H and O–H groups in total. The van der Waals surface area contributed by atoms with Crippen molar-refractivity contribution in [3.05, 3.63) is 77.6 Å². The number of rotatable bonds is 5. The summed E-state index contributed by atoms with van der Waals surface area (Å²) in [7, 11) is -2.47. The third kappa shape index (κ3) is 3.23. The fourth-order valence-corrected chi connectivity index (χ4v) is 4.30. The average molecular weight is 379 g/mol. The molecule has 0 aliphatic carbocycles. The molecule has 0 spiro atoms. The maximum atomic E-state index is 13.3. The van der Waals surface area contributed by atoms with Crippen molar-refractivity contribution in [3.63, 3.8) is 0 Å². The highest BCUT2D eigenvalue weighted by atomic mass is 32.2. The SMILES string of the molecule is CNC=C(C#N)C(=O)c1cc2ccccc2n1S(=O)(=O)c1ccc(C)cc1. The van der Waals surface area contributed by atoms with E-state index in [1.807, 2.05) is 13.0 Å². The Morgan fingerprint density at radius 1 is 1.15 bits per heavy atom. The molecular weight excluding hydrogens is 362 g/mol. The maximum Gasteiger partial charge on any atom is 0.268 e. The van der Waals surface area contributed by atoms with Gasteiger partial charge in [-0.2, -0.15) is 5.26 Å². The van der Waals surface area contributed by atoms with Gasteiger partial charge < -0.3 is 5.32 Å². The van der Waals surface area contributed by atoms with Gasteiger partial charge in [0.15, 0.2) is 0 Å². The molecule has 0 saturated carbocycles. The van der Waals surface area contributed by atoms with Crippen molar-refractivity contribution < 1.29 is 13.2 Å². The molecule has 2 aromatic carbocycles. The largest absolute Gasteiger partial charge is 0.393 e. The number of aryl methyl sites for hydroxylation is 1. The number of nitrogens with zero attached hydrogens (tertiary/aromatic N) is 2. The number of fused-ring (bicyclic) bond motifs is 1. The molecule has 0 atom stereocenters. The molecule has 0 aliphatic heterocycles. The maximum absolute atomic E-state index is 13.3. The van der Waals surface area contributed by atoms with Crippen LogP contribution in [0.2, 0.25) is 0 Å². The Kier molecular flexibility index (Phi) is 4.84. The number of hydrogen-bond donors (Lipinski definition) is 1. The Hall–Kier alpha value is -3.37. The summed E-state index contributed by atoms with van der Waals surface area (Å²) >= 11 is 0. The number of nitrogens with one attached hydrogen (secondary N) is 1. The molecule has 27 heavy (non-hydrogen) atoms. The second-order valence-corrected chi connectivity index (χ2v) is 7.75. The minimum atomic E-state index is -4.03. The molecule has 1 heterocycles. The van der Waals surface area contributed by atoms with Crippen LogP contribution in [0, 0.1) is 18.3 Å². The molecule has 7 heteroatoms. The van der Waals surface area contributed by atoms with Crippen LogP contribution < -0.4 is 5.32 Å². The van der Waals surface area contributed by atoms with Crippen LogP contribution in [-0.2, 0) is 10.0 Å². The van der Waals surface area contributed by atoms with Crippen LogP contribution >= 0.6 is 0 Å². The van der Waals surface area contributed by atoms with E-state index in [9.17, 15) is 18.5 Å². The third-order valence-corrected chi connectivity index (χ3v) is 5.85. The molecule has 3 rings (SSSR count). The van der Waals surface area contributed by atoms with Crippen molar-refractivity contribution in [2.24, 2.45) is 0 Å². The van der Waals surface area contributed by atoms with Crippen molar-refractivity contribution in [2.45, 2.75) is 11.8 Å². The predicted molar refractivity (Wildman–Crippen MR) is 103 cm³/mol. The summed E-state index contributed by atoms with van der Waals surface area (Å²) in [5.74, 6) is -0.668. The topological polar surface area (TPSA) is 92.0 Å². The molecule has 0 aliphatic rings. The number of allylic oxidation sites excluding steroid dienone is 1. The van der Waals surface area contributed by atoms with Gasteiger partial charge in [0.2, 0.25) is 5.78 Å². The van der Waals surface area contributed by atoms with Crippen LogP contribution in [0.15, 0.2) is 71.3 Å². The molecule has 0 fully saturated rings. The van der Waals surface area contributed by atoms with Gasteiger partial charge in [0, 0.05) is 18.6 Å². The van der Waals surface area contributed by atoms with Crippen LogP contribution in [0.25, 0.3) is 10.9 Å². The lowest BCUT2D eigenvalue weighted by Crippen LogP contribution is -2.19. The summed E-state index contributed by atoms with van der Waals surface area (Å²) in [6.07, 6.45) is 1.25. The van der Waals surface area contributed by atoms with Crippen LogP contribution in [0.3, 0.4) is 0 Å². The van der Waals surface area contributed by atoms with Crippen molar-refractivity contribution >= 4 is 26.7 Å². The van der Waals surface area contributed by atoms with Crippen molar-refractivity contribution in [2.75, 3.05) is 7.05 Å². The summed E-state index contributed by atoms with van der Waals surface area (Å²) in [6, 6.07) is 16.5. The fourth-order valence-electron chi connectivity index (χ4n) is 2.79. The first-order valence-electron chi connectivity index (χ1n) is 8.15. The first-order valence-corrected chi connectivity index (χ1v) is 9.59. The number of Topliss-reactive ketones (excluding diaryl/α,β-unsaturated/α-hetero) is 1. The van der Waals surface area contributed by atoms with Gasteiger partial charge in [-0.05, 0) is 31.2 Å². The van der Waals surface area contributed by atoms with Gasteiger partial charge in [0.25, 0.3) is 10.0 Å². The van der Waals surface area contributed by atoms with Crippen LogP contribution in [0.1, 0.15) is 16.1 Å². The van der Waals surface area contributed by atoms with Crippen LogP contribution in [0.4, 0.5) is 0 Å². The lowest BCUT2D eigenvalue weighted by molar-refractivity contribution is 0.103. The monoisotopic (exact) mass is 379 g/mol. The van der Waals surface area contributed by atoms with E-state index in [4.69, 9.17) is 0 Å². The van der Waals surface area contributed by atoms with Crippen molar-refractivity contribution in [3.8, 4) is 6.07 Å². The summed E-state index contributed by atoms with van der Waals surface area (Å²) in [6.45, 7) is 1.86. The zero-order valence-corrected chi connectivity index (χ0v) is 15.6. The smallest absolute Gasteiger partial charge is 0.268 e. The molecule has 0 saturated heterocycles. The summed E-state index contributed by atoms with van der Waals surface area (Å²) in [5, 5.41) is 12.5. The second-order valence-electron chi connectivity index (χ2n) is 5.96. The Morgan fingerprint density at radius 3 is 2.44 bits per heavy atom. The van der Waals surface area contributed by atoms with Gasteiger partial charge in [-0.25, -0.2) is 12.4 Å². The Bertz CT molecular complexity index is 1200. The van der Waals surface area contributed by atoms with Gasteiger partial charge in [0.05, 0.1) is 10.4 Å². The number of carbonyl (C=O) groups excluding carboxylic acids is 1. The fraction of sp³-hybridized carbons (Fsp3) is 0.100. The van der Waals surface area contributed by atoms with E-state index in [1.54, 1.807) is 43.4 Å². The van der Waals surface area contributed by atoms with Crippen molar-refractivity contribution in [1.82, 2.24) is 9.29 Å². The van der Waals surface area contributed by atoms with Gasteiger partial charge in [-0.1, -0.05) is 35.9 Å². The Morgan fingerprint density at radius 2 is 1.81 bits per heavy atom. The first kappa shape index (κ1) is 18.4. The van der Waals surface area contributed by atoms with Crippen LogP contribution in [0.5, 0.6) is 0 Å². The van der Waals surface area contributed by atoms with E-state index >= 15 is 0 Å². The zero-order chi connectivity index (χ0) is 19.6. The van der Waals surface area contributed by atoms with E-state index in [0.29, 0.717) is 10.9 Å². The number of nitriles is 1. The average Bonchev–Trinajstić information content (AvgIpc) is 3.06. The molecule has 6 nitrogen and oxygen atoms in total. The second kappa shape index (κ2) is 7.09. The molecular formula is C20H17N3O3S.